The molecule has 0 spiro atoms. The summed E-state index contributed by atoms with van der Waals surface area (Å²) in [4.78, 5) is 20.8. The van der Waals surface area contributed by atoms with Crippen molar-refractivity contribution in [2.45, 2.75) is 24.3 Å². The second kappa shape index (κ2) is 8.76. The van der Waals surface area contributed by atoms with Crippen LogP contribution in [0, 0.1) is 5.92 Å². The Morgan fingerprint density at radius 2 is 1.93 bits per heavy atom. The number of sulfonamides is 1. The first kappa shape index (κ1) is 20.2. The van der Waals surface area contributed by atoms with Gasteiger partial charge in [-0.3, -0.25) is 9.78 Å². The molecule has 9 heteroatoms. The highest BCUT2D eigenvalue weighted by molar-refractivity contribution is 7.89. The first-order valence-electron chi connectivity index (χ1n) is 9.78. The summed E-state index contributed by atoms with van der Waals surface area (Å²) in [5.41, 5.74) is 1.80. The number of hydrogen-bond donors (Lipinski definition) is 1. The molecule has 1 fully saturated rings. The quantitative estimate of drug-likeness (QED) is 0.654. The number of carbonyl (C=O) groups excluding carboxylic acids is 1. The number of benzene rings is 1. The maximum absolute atomic E-state index is 12.7. The summed E-state index contributed by atoms with van der Waals surface area (Å²) in [6, 6.07) is 10.9. The van der Waals surface area contributed by atoms with Gasteiger partial charge in [-0.15, -0.1) is 0 Å². The minimum atomic E-state index is -3.57. The molecule has 2 aromatic heterocycles. The van der Waals surface area contributed by atoms with E-state index < -0.39 is 10.0 Å². The molecule has 0 radical (unpaired) electrons. The van der Waals surface area contributed by atoms with Crippen molar-refractivity contribution in [1.29, 1.82) is 0 Å². The molecular weight excluding hydrogens is 402 g/mol. The standard InChI is InChI=1S/C21H23N5O3S/c27-21(24-19-4-1-3-17(13-19)15-25-12-9-23-16-25)18-6-10-26(11-7-18)30(28,29)20-5-2-8-22-14-20/h1-5,8-9,12-14,16,18H,6-7,10-11,15H2,(H,24,27). The Morgan fingerprint density at radius 1 is 1.10 bits per heavy atom. The lowest BCUT2D eigenvalue weighted by atomic mass is 9.97. The van der Waals surface area contributed by atoms with E-state index >= 15 is 0 Å². The van der Waals surface area contributed by atoms with Gasteiger partial charge in [0.1, 0.15) is 4.90 Å². The summed E-state index contributed by atoms with van der Waals surface area (Å²) in [7, 11) is -3.57. The Balaban J connectivity index is 1.35. The van der Waals surface area contributed by atoms with E-state index in [9.17, 15) is 13.2 Å². The van der Waals surface area contributed by atoms with E-state index in [1.54, 1.807) is 24.8 Å². The first-order valence-corrected chi connectivity index (χ1v) is 11.2. The van der Waals surface area contributed by atoms with Crippen LogP contribution in [-0.4, -0.2) is 46.3 Å². The van der Waals surface area contributed by atoms with Crippen LogP contribution in [-0.2, 0) is 21.4 Å². The normalized spacial score (nSPS) is 15.7. The van der Waals surface area contributed by atoms with Gasteiger partial charge < -0.3 is 9.88 Å². The molecule has 0 atom stereocenters. The molecule has 4 rings (SSSR count). The summed E-state index contributed by atoms with van der Waals surface area (Å²) in [5.74, 6) is -0.296. The number of aromatic nitrogens is 3. The number of pyridine rings is 1. The molecule has 30 heavy (non-hydrogen) atoms. The fourth-order valence-electron chi connectivity index (χ4n) is 3.59. The van der Waals surface area contributed by atoms with E-state index in [-0.39, 0.29) is 16.7 Å². The molecule has 156 valence electrons. The summed E-state index contributed by atoms with van der Waals surface area (Å²) in [6.45, 7) is 1.31. The van der Waals surface area contributed by atoms with Crippen LogP contribution in [0.25, 0.3) is 0 Å². The van der Waals surface area contributed by atoms with E-state index in [0.29, 0.717) is 32.5 Å². The Kier molecular flexibility index (Phi) is 5.91. The summed E-state index contributed by atoms with van der Waals surface area (Å²) in [6.07, 6.45) is 9.23. The van der Waals surface area contributed by atoms with Crippen LogP contribution in [0.4, 0.5) is 5.69 Å². The number of nitrogens with zero attached hydrogens (tertiary/aromatic N) is 4. The van der Waals surface area contributed by atoms with Gasteiger partial charge in [0.15, 0.2) is 0 Å². The lowest BCUT2D eigenvalue weighted by Crippen LogP contribution is -2.41. The van der Waals surface area contributed by atoms with Gasteiger partial charge in [-0.2, -0.15) is 4.31 Å². The van der Waals surface area contributed by atoms with Gasteiger partial charge in [0.05, 0.1) is 6.33 Å². The summed E-state index contributed by atoms with van der Waals surface area (Å²) in [5, 5.41) is 2.98. The van der Waals surface area contributed by atoms with Crippen LogP contribution in [0.1, 0.15) is 18.4 Å². The molecule has 1 aromatic carbocycles. The minimum absolute atomic E-state index is 0.0757. The molecule has 1 aliphatic heterocycles. The molecule has 3 heterocycles. The van der Waals surface area contributed by atoms with Crippen molar-refractivity contribution < 1.29 is 13.2 Å². The summed E-state index contributed by atoms with van der Waals surface area (Å²) >= 11 is 0. The molecule has 1 aliphatic rings. The van der Waals surface area contributed by atoms with Gasteiger partial charge >= 0.3 is 0 Å². The maximum atomic E-state index is 12.7. The number of rotatable bonds is 6. The third-order valence-electron chi connectivity index (χ3n) is 5.22. The van der Waals surface area contributed by atoms with Gasteiger partial charge in [-0.05, 0) is 42.7 Å². The first-order chi connectivity index (χ1) is 14.5. The predicted molar refractivity (Wildman–Crippen MR) is 112 cm³/mol. The largest absolute Gasteiger partial charge is 0.333 e. The monoisotopic (exact) mass is 425 g/mol. The van der Waals surface area contributed by atoms with Crippen molar-refractivity contribution >= 4 is 21.6 Å². The Morgan fingerprint density at radius 3 is 2.63 bits per heavy atom. The van der Waals surface area contributed by atoms with Crippen LogP contribution in [0.3, 0.4) is 0 Å². The van der Waals surface area contributed by atoms with Crippen molar-refractivity contribution in [3.8, 4) is 0 Å². The number of piperidine rings is 1. The smallest absolute Gasteiger partial charge is 0.244 e. The average Bonchev–Trinajstić information content (AvgIpc) is 3.28. The van der Waals surface area contributed by atoms with Gasteiger partial charge in [0.2, 0.25) is 15.9 Å². The van der Waals surface area contributed by atoms with Gasteiger partial charge in [-0.1, -0.05) is 12.1 Å². The highest BCUT2D eigenvalue weighted by atomic mass is 32.2. The number of imidazole rings is 1. The summed E-state index contributed by atoms with van der Waals surface area (Å²) < 4.78 is 28.8. The van der Waals surface area contributed by atoms with Crippen molar-refractivity contribution in [2.24, 2.45) is 5.92 Å². The highest BCUT2D eigenvalue weighted by Crippen LogP contribution is 2.24. The van der Waals surface area contributed by atoms with Crippen molar-refractivity contribution in [3.63, 3.8) is 0 Å². The number of anilines is 1. The van der Waals surface area contributed by atoms with Gasteiger partial charge in [-0.25, -0.2) is 13.4 Å². The van der Waals surface area contributed by atoms with Crippen LogP contribution in [0.2, 0.25) is 0 Å². The molecule has 0 bridgehead atoms. The number of hydrogen-bond acceptors (Lipinski definition) is 5. The maximum Gasteiger partial charge on any atom is 0.244 e. The van der Waals surface area contributed by atoms with E-state index in [0.717, 1.165) is 11.3 Å². The second-order valence-electron chi connectivity index (χ2n) is 7.29. The minimum Gasteiger partial charge on any atom is -0.333 e. The van der Waals surface area contributed by atoms with Crippen molar-refractivity contribution in [3.05, 3.63) is 73.1 Å². The van der Waals surface area contributed by atoms with Gasteiger partial charge in [0.25, 0.3) is 0 Å². The molecular formula is C21H23N5O3S. The zero-order valence-corrected chi connectivity index (χ0v) is 17.2. The molecule has 0 unspecified atom stereocenters. The molecule has 8 nitrogen and oxygen atoms in total. The average molecular weight is 426 g/mol. The molecule has 1 N–H and O–H groups in total. The molecule has 1 amide bonds. The fraction of sp³-hybridized carbons (Fsp3) is 0.286. The van der Waals surface area contributed by atoms with E-state index in [1.165, 1.54) is 16.6 Å². The Bertz CT molecular complexity index is 1090. The molecule has 0 saturated carbocycles. The zero-order valence-electron chi connectivity index (χ0n) is 16.4. The van der Waals surface area contributed by atoms with Crippen LogP contribution in [0.15, 0.2) is 72.4 Å². The zero-order chi connectivity index (χ0) is 21.0. The fourth-order valence-corrected chi connectivity index (χ4v) is 5.02. The Labute approximate surface area is 175 Å². The number of carbonyl (C=O) groups is 1. The van der Waals surface area contributed by atoms with E-state index in [2.05, 4.69) is 15.3 Å². The lowest BCUT2D eigenvalue weighted by molar-refractivity contribution is -0.120. The Hall–Kier alpha value is -3.04. The third-order valence-corrected chi connectivity index (χ3v) is 7.10. The predicted octanol–water partition coefficient (Wildman–Crippen LogP) is 2.37. The lowest BCUT2D eigenvalue weighted by Gasteiger charge is -2.30. The van der Waals surface area contributed by atoms with E-state index in [1.807, 2.05) is 35.0 Å². The van der Waals surface area contributed by atoms with Crippen molar-refractivity contribution in [2.75, 3.05) is 18.4 Å². The van der Waals surface area contributed by atoms with Crippen molar-refractivity contribution in [1.82, 2.24) is 18.8 Å². The van der Waals surface area contributed by atoms with Crippen LogP contribution >= 0.6 is 0 Å². The number of nitrogens with one attached hydrogen (secondary N) is 1. The highest BCUT2D eigenvalue weighted by Gasteiger charge is 2.32. The van der Waals surface area contributed by atoms with Crippen LogP contribution in [0.5, 0.6) is 0 Å². The topological polar surface area (TPSA) is 97.2 Å². The van der Waals surface area contributed by atoms with Crippen LogP contribution < -0.4 is 5.32 Å². The van der Waals surface area contributed by atoms with E-state index in [4.69, 9.17) is 0 Å². The molecule has 0 aliphatic carbocycles. The molecule has 1 saturated heterocycles. The third kappa shape index (κ3) is 4.58. The van der Waals surface area contributed by atoms with Gasteiger partial charge in [0, 0.05) is 56.0 Å². The molecule has 3 aromatic rings. The number of amides is 1. The SMILES string of the molecule is O=C(Nc1cccc(Cn2ccnc2)c1)C1CCN(S(=O)(=O)c2cccnc2)CC1. The second-order valence-corrected chi connectivity index (χ2v) is 9.23.